The van der Waals surface area contributed by atoms with Crippen LogP contribution in [0.2, 0.25) is 0 Å². The lowest BCUT2D eigenvalue weighted by Crippen LogP contribution is -2.54. The Labute approximate surface area is 150 Å². The number of rotatable bonds is 6. The summed E-state index contributed by atoms with van der Waals surface area (Å²) in [5.74, 6) is 0. The van der Waals surface area contributed by atoms with Crippen molar-refractivity contribution in [1.82, 2.24) is 15.5 Å². The molecule has 1 aromatic rings. The molecule has 0 aromatic heterocycles. The van der Waals surface area contributed by atoms with Crippen LogP contribution in [0.1, 0.15) is 26.2 Å². The maximum atomic E-state index is 12.0. The minimum atomic E-state index is -0.672. The molecule has 0 radical (unpaired) electrons. The minimum absolute atomic E-state index is 0.0827. The standard InChI is InChI=1S/C19H30N4O2/c1-16(21-18(24)20-15-19(25)8-5-9-19)14-22-10-12-23(13-11-22)17-6-3-2-4-7-17/h2-4,6-7,16,25H,5,8-15H2,1H3,(H2,20,21,24). The lowest BCUT2D eigenvalue weighted by atomic mass is 9.80. The maximum absolute atomic E-state index is 12.0. The Morgan fingerprint density at radius 3 is 2.48 bits per heavy atom. The van der Waals surface area contributed by atoms with Gasteiger partial charge in [0.15, 0.2) is 0 Å². The number of hydrogen-bond donors (Lipinski definition) is 3. The van der Waals surface area contributed by atoms with Crippen molar-refractivity contribution >= 4 is 11.7 Å². The highest BCUT2D eigenvalue weighted by atomic mass is 16.3. The van der Waals surface area contributed by atoms with Crippen molar-refractivity contribution in [2.24, 2.45) is 0 Å². The number of nitrogens with one attached hydrogen (secondary N) is 2. The highest BCUT2D eigenvalue weighted by molar-refractivity contribution is 5.74. The summed E-state index contributed by atoms with van der Waals surface area (Å²) < 4.78 is 0. The number of aliphatic hydroxyl groups is 1. The van der Waals surface area contributed by atoms with Crippen LogP contribution < -0.4 is 15.5 Å². The van der Waals surface area contributed by atoms with Crippen molar-refractivity contribution < 1.29 is 9.90 Å². The van der Waals surface area contributed by atoms with E-state index in [1.807, 2.05) is 13.0 Å². The highest BCUT2D eigenvalue weighted by Crippen LogP contribution is 2.30. The van der Waals surface area contributed by atoms with Gasteiger partial charge in [0, 0.05) is 51.0 Å². The van der Waals surface area contributed by atoms with Crippen LogP contribution in [0.15, 0.2) is 30.3 Å². The van der Waals surface area contributed by atoms with Gasteiger partial charge < -0.3 is 20.6 Å². The van der Waals surface area contributed by atoms with E-state index in [1.165, 1.54) is 5.69 Å². The molecule has 1 saturated heterocycles. The summed E-state index contributed by atoms with van der Waals surface area (Å²) in [6.07, 6.45) is 2.62. The molecule has 2 fully saturated rings. The molecule has 2 aliphatic rings. The summed E-state index contributed by atoms with van der Waals surface area (Å²) in [6.45, 7) is 7.25. The molecular weight excluding hydrogens is 316 g/mol. The van der Waals surface area contributed by atoms with Crippen molar-refractivity contribution in [3.8, 4) is 0 Å². The van der Waals surface area contributed by atoms with E-state index < -0.39 is 5.60 Å². The summed E-state index contributed by atoms with van der Waals surface area (Å²) >= 11 is 0. The van der Waals surface area contributed by atoms with Crippen molar-refractivity contribution in [2.45, 2.75) is 37.8 Å². The number of anilines is 1. The molecule has 6 nitrogen and oxygen atoms in total. The molecule has 1 saturated carbocycles. The SMILES string of the molecule is CC(CN1CCN(c2ccccc2)CC1)NC(=O)NCC1(O)CCC1. The monoisotopic (exact) mass is 346 g/mol. The zero-order chi connectivity index (χ0) is 17.7. The molecule has 1 aliphatic heterocycles. The Kier molecular flexibility index (Phi) is 5.81. The van der Waals surface area contributed by atoms with E-state index in [0.29, 0.717) is 6.54 Å². The number of benzene rings is 1. The predicted molar refractivity (Wildman–Crippen MR) is 99.9 cm³/mol. The third-order valence-electron chi connectivity index (χ3n) is 5.27. The van der Waals surface area contributed by atoms with E-state index in [2.05, 4.69) is 44.7 Å². The first-order chi connectivity index (χ1) is 12.0. The number of urea groups is 1. The number of carbonyl (C=O) groups is 1. The molecule has 2 amide bonds. The van der Waals surface area contributed by atoms with Crippen LogP contribution in [0.3, 0.4) is 0 Å². The Morgan fingerprint density at radius 1 is 1.20 bits per heavy atom. The van der Waals surface area contributed by atoms with Crippen LogP contribution in [-0.4, -0.2) is 66.9 Å². The second kappa shape index (κ2) is 8.06. The fourth-order valence-corrected chi connectivity index (χ4v) is 3.54. The third-order valence-corrected chi connectivity index (χ3v) is 5.27. The van der Waals surface area contributed by atoms with E-state index in [4.69, 9.17) is 0 Å². The largest absolute Gasteiger partial charge is 0.388 e. The number of amides is 2. The average molecular weight is 346 g/mol. The maximum Gasteiger partial charge on any atom is 0.315 e. The Balaban J connectivity index is 1.34. The first kappa shape index (κ1) is 18.0. The summed E-state index contributed by atoms with van der Waals surface area (Å²) in [5, 5.41) is 15.8. The van der Waals surface area contributed by atoms with Crippen molar-refractivity contribution in [1.29, 1.82) is 0 Å². The normalized spacial score (nSPS) is 21.3. The molecule has 3 rings (SSSR count). The van der Waals surface area contributed by atoms with Crippen LogP contribution in [0, 0.1) is 0 Å². The lowest BCUT2D eigenvalue weighted by molar-refractivity contribution is -0.0290. The first-order valence-corrected chi connectivity index (χ1v) is 9.33. The highest BCUT2D eigenvalue weighted by Gasteiger charge is 2.34. The van der Waals surface area contributed by atoms with Crippen molar-refractivity contribution in [2.75, 3.05) is 44.2 Å². The first-order valence-electron chi connectivity index (χ1n) is 9.33. The van der Waals surface area contributed by atoms with Crippen LogP contribution in [0.5, 0.6) is 0 Å². The van der Waals surface area contributed by atoms with Gasteiger partial charge in [0.1, 0.15) is 0 Å². The summed E-state index contributed by atoms with van der Waals surface area (Å²) in [7, 11) is 0. The molecular formula is C19H30N4O2. The number of para-hydroxylation sites is 1. The molecule has 0 bridgehead atoms. The van der Waals surface area contributed by atoms with Gasteiger partial charge in [-0.15, -0.1) is 0 Å². The molecule has 6 heteroatoms. The van der Waals surface area contributed by atoms with Gasteiger partial charge in [-0.1, -0.05) is 18.2 Å². The number of hydrogen-bond acceptors (Lipinski definition) is 4. The van der Waals surface area contributed by atoms with Crippen LogP contribution in [-0.2, 0) is 0 Å². The summed E-state index contributed by atoms with van der Waals surface area (Å²) in [5.41, 5.74) is 0.607. The number of carbonyl (C=O) groups excluding carboxylic acids is 1. The van der Waals surface area contributed by atoms with Crippen LogP contribution in [0.25, 0.3) is 0 Å². The topological polar surface area (TPSA) is 67.8 Å². The van der Waals surface area contributed by atoms with E-state index in [-0.39, 0.29) is 12.1 Å². The molecule has 1 atom stereocenters. The molecule has 1 aliphatic carbocycles. The van der Waals surface area contributed by atoms with Gasteiger partial charge in [0.25, 0.3) is 0 Å². The fourth-order valence-electron chi connectivity index (χ4n) is 3.54. The zero-order valence-electron chi connectivity index (χ0n) is 15.1. The van der Waals surface area contributed by atoms with Crippen molar-refractivity contribution in [3.05, 3.63) is 30.3 Å². The van der Waals surface area contributed by atoms with E-state index in [0.717, 1.165) is 52.0 Å². The molecule has 0 spiro atoms. The molecule has 1 heterocycles. The number of nitrogens with zero attached hydrogens (tertiary/aromatic N) is 2. The third kappa shape index (κ3) is 5.09. The zero-order valence-corrected chi connectivity index (χ0v) is 15.1. The molecule has 25 heavy (non-hydrogen) atoms. The smallest absolute Gasteiger partial charge is 0.315 e. The Morgan fingerprint density at radius 2 is 1.88 bits per heavy atom. The molecule has 138 valence electrons. The van der Waals surface area contributed by atoms with E-state index in [9.17, 15) is 9.90 Å². The molecule has 1 unspecified atom stereocenters. The lowest BCUT2D eigenvalue weighted by Gasteiger charge is -2.38. The fraction of sp³-hybridized carbons (Fsp3) is 0.632. The predicted octanol–water partition coefficient (Wildman–Crippen LogP) is 1.41. The van der Waals surface area contributed by atoms with Crippen molar-refractivity contribution in [3.63, 3.8) is 0 Å². The average Bonchev–Trinajstić information content (AvgIpc) is 2.59. The molecule has 3 N–H and O–H groups in total. The summed E-state index contributed by atoms with van der Waals surface area (Å²) in [4.78, 5) is 16.8. The number of piperazine rings is 1. The molecule has 1 aromatic carbocycles. The second-order valence-electron chi connectivity index (χ2n) is 7.43. The van der Waals surface area contributed by atoms with Gasteiger partial charge in [0.05, 0.1) is 5.60 Å². The quantitative estimate of drug-likeness (QED) is 0.729. The minimum Gasteiger partial charge on any atom is -0.388 e. The van der Waals surface area contributed by atoms with Gasteiger partial charge in [-0.2, -0.15) is 0 Å². The van der Waals surface area contributed by atoms with Crippen LogP contribution in [0.4, 0.5) is 10.5 Å². The van der Waals surface area contributed by atoms with Gasteiger partial charge >= 0.3 is 6.03 Å². The van der Waals surface area contributed by atoms with E-state index >= 15 is 0 Å². The summed E-state index contributed by atoms with van der Waals surface area (Å²) in [6, 6.07) is 10.4. The Bertz CT molecular complexity index is 554. The van der Waals surface area contributed by atoms with Gasteiger partial charge in [-0.3, -0.25) is 4.90 Å². The van der Waals surface area contributed by atoms with Gasteiger partial charge in [0.2, 0.25) is 0 Å². The van der Waals surface area contributed by atoms with Gasteiger partial charge in [-0.25, -0.2) is 4.79 Å². The van der Waals surface area contributed by atoms with E-state index in [1.54, 1.807) is 0 Å². The Hall–Kier alpha value is -1.79. The second-order valence-corrected chi connectivity index (χ2v) is 7.43. The van der Waals surface area contributed by atoms with Crippen LogP contribution >= 0.6 is 0 Å². The van der Waals surface area contributed by atoms with Gasteiger partial charge in [-0.05, 0) is 38.3 Å².